The van der Waals surface area contributed by atoms with Crippen molar-refractivity contribution in [1.29, 1.82) is 0 Å². The van der Waals surface area contributed by atoms with Crippen LogP contribution in [-0.4, -0.2) is 43.2 Å². The molecule has 5 heteroatoms. The van der Waals surface area contributed by atoms with E-state index in [0.29, 0.717) is 12.3 Å². The number of likely N-dealkylation sites (tertiary alicyclic amines) is 1. The third-order valence-corrected chi connectivity index (χ3v) is 5.83. The van der Waals surface area contributed by atoms with Gasteiger partial charge in [-0.15, -0.1) is 24.2 Å². The smallest absolute Gasteiger partial charge is 0.223 e. The van der Waals surface area contributed by atoms with Crippen LogP contribution in [0.4, 0.5) is 0 Å². The van der Waals surface area contributed by atoms with Crippen molar-refractivity contribution in [3.05, 3.63) is 29.3 Å². The van der Waals surface area contributed by atoms with E-state index in [2.05, 4.69) is 42.3 Å². The van der Waals surface area contributed by atoms with E-state index >= 15 is 0 Å². The van der Waals surface area contributed by atoms with Gasteiger partial charge in [0.1, 0.15) is 0 Å². The largest absolute Gasteiger partial charge is 0.343 e. The number of rotatable bonds is 7. The Kier molecular flexibility index (Phi) is 9.79. The quantitative estimate of drug-likeness (QED) is 0.734. The number of aryl methyl sites for hydroxylation is 2. The van der Waals surface area contributed by atoms with Crippen LogP contribution in [0.5, 0.6) is 0 Å². The van der Waals surface area contributed by atoms with E-state index in [4.69, 9.17) is 0 Å². The molecule has 2 rings (SSSR count). The van der Waals surface area contributed by atoms with Crippen LogP contribution in [0, 0.1) is 19.8 Å². The maximum absolute atomic E-state index is 12.3. The Hall–Kier alpha value is -0.710. The van der Waals surface area contributed by atoms with Crippen molar-refractivity contribution in [1.82, 2.24) is 10.2 Å². The van der Waals surface area contributed by atoms with Crippen LogP contribution in [0.1, 0.15) is 36.8 Å². The summed E-state index contributed by atoms with van der Waals surface area (Å²) in [5.41, 5.74) is 2.65. The molecule has 0 spiro atoms. The Morgan fingerprint density at radius 1 is 1.25 bits per heavy atom. The highest BCUT2D eigenvalue weighted by atomic mass is 35.5. The Balaban J connectivity index is 0.00000288. The number of halogens is 1. The van der Waals surface area contributed by atoms with E-state index in [-0.39, 0.29) is 12.4 Å². The molecule has 0 unspecified atom stereocenters. The molecule has 0 radical (unpaired) electrons. The Labute approximate surface area is 157 Å². The molecule has 0 aromatic heterocycles. The fourth-order valence-electron chi connectivity index (χ4n) is 3.04. The van der Waals surface area contributed by atoms with Crippen molar-refractivity contribution in [2.24, 2.45) is 5.92 Å². The van der Waals surface area contributed by atoms with Gasteiger partial charge in [0.25, 0.3) is 0 Å². The summed E-state index contributed by atoms with van der Waals surface area (Å²) >= 11 is 1.79. The lowest BCUT2D eigenvalue weighted by molar-refractivity contribution is -0.132. The number of amides is 1. The van der Waals surface area contributed by atoms with Gasteiger partial charge in [0, 0.05) is 30.2 Å². The molecule has 1 fully saturated rings. The summed E-state index contributed by atoms with van der Waals surface area (Å²) in [4.78, 5) is 15.7. The van der Waals surface area contributed by atoms with Crippen LogP contribution in [0.25, 0.3) is 0 Å². The van der Waals surface area contributed by atoms with Gasteiger partial charge in [-0.25, -0.2) is 0 Å². The molecule has 1 aromatic rings. The van der Waals surface area contributed by atoms with Crippen molar-refractivity contribution >= 4 is 30.1 Å². The number of carbonyl (C=O) groups is 1. The van der Waals surface area contributed by atoms with Gasteiger partial charge in [-0.05, 0) is 75.9 Å². The lowest BCUT2D eigenvalue weighted by Crippen LogP contribution is -2.39. The van der Waals surface area contributed by atoms with Crippen LogP contribution in [0.2, 0.25) is 0 Å². The van der Waals surface area contributed by atoms with Gasteiger partial charge in [-0.3, -0.25) is 4.79 Å². The summed E-state index contributed by atoms with van der Waals surface area (Å²) in [6, 6.07) is 6.54. The number of benzene rings is 1. The average molecular weight is 371 g/mol. The number of nitrogens with zero attached hydrogens (tertiary/aromatic N) is 1. The predicted octanol–water partition coefficient (Wildman–Crippen LogP) is 4.06. The summed E-state index contributed by atoms with van der Waals surface area (Å²) in [5.74, 6) is 1.99. The fourth-order valence-corrected chi connectivity index (χ4v) is 3.97. The number of nitrogens with one attached hydrogen (secondary N) is 1. The summed E-state index contributed by atoms with van der Waals surface area (Å²) in [7, 11) is 2.01. The second-order valence-corrected chi connectivity index (χ2v) is 7.73. The molecular formula is C19H31ClN2OS. The summed E-state index contributed by atoms with van der Waals surface area (Å²) < 4.78 is 0. The van der Waals surface area contributed by atoms with Crippen LogP contribution in [0.3, 0.4) is 0 Å². The number of thioether (sulfide) groups is 1. The van der Waals surface area contributed by atoms with Gasteiger partial charge >= 0.3 is 0 Å². The summed E-state index contributed by atoms with van der Waals surface area (Å²) in [5, 5.41) is 3.22. The molecule has 0 saturated carbocycles. The number of piperidine rings is 1. The first-order valence-electron chi connectivity index (χ1n) is 8.72. The maximum atomic E-state index is 12.3. The molecule has 1 aromatic carbocycles. The van der Waals surface area contributed by atoms with E-state index in [1.54, 1.807) is 11.8 Å². The molecule has 0 aliphatic carbocycles. The fraction of sp³-hybridized carbons (Fsp3) is 0.632. The highest BCUT2D eigenvalue weighted by molar-refractivity contribution is 7.99. The highest BCUT2D eigenvalue weighted by Gasteiger charge is 2.22. The minimum absolute atomic E-state index is 0. The molecule has 24 heavy (non-hydrogen) atoms. The molecule has 0 atom stereocenters. The number of carbonyl (C=O) groups excluding carboxylic acids is 1. The standard InChI is InChI=1S/C19H30N2OS.ClH/c1-15-4-5-18(14-16(15)2)23-13-9-19(22)21-11-7-17(8-12-21)6-10-20-3;/h4-5,14,17,20H,6-13H2,1-3H3;1H. The van der Waals surface area contributed by atoms with E-state index in [9.17, 15) is 4.79 Å². The van der Waals surface area contributed by atoms with Crippen molar-refractivity contribution in [3.63, 3.8) is 0 Å². The normalized spacial score (nSPS) is 15.2. The Morgan fingerprint density at radius 3 is 2.58 bits per heavy atom. The monoisotopic (exact) mass is 370 g/mol. The zero-order valence-electron chi connectivity index (χ0n) is 15.1. The summed E-state index contributed by atoms with van der Waals surface area (Å²) in [6.45, 7) is 7.25. The predicted molar refractivity (Wildman–Crippen MR) is 106 cm³/mol. The van der Waals surface area contributed by atoms with Crippen molar-refractivity contribution in [2.45, 2.75) is 44.4 Å². The van der Waals surface area contributed by atoms with Crippen LogP contribution in [0.15, 0.2) is 23.1 Å². The topological polar surface area (TPSA) is 32.3 Å². The van der Waals surface area contributed by atoms with Crippen LogP contribution < -0.4 is 5.32 Å². The molecule has 1 heterocycles. The second kappa shape index (κ2) is 11.0. The second-order valence-electron chi connectivity index (χ2n) is 6.56. The first-order valence-corrected chi connectivity index (χ1v) is 9.71. The number of hydrogen-bond acceptors (Lipinski definition) is 3. The lowest BCUT2D eigenvalue weighted by Gasteiger charge is -2.32. The molecule has 1 amide bonds. The van der Waals surface area contributed by atoms with E-state index in [1.807, 2.05) is 7.05 Å². The maximum Gasteiger partial charge on any atom is 0.223 e. The van der Waals surface area contributed by atoms with E-state index in [0.717, 1.165) is 44.1 Å². The molecule has 1 aliphatic rings. The zero-order chi connectivity index (χ0) is 16.7. The Morgan fingerprint density at radius 2 is 1.96 bits per heavy atom. The first kappa shape index (κ1) is 21.3. The average Bonchev–Trinajstić information content (AvgIpc) is 2.56. The van der Waals surface area contributed by atoms with Gasteiger partial charge in [0.15, 0.2) is 0 Å². The third kappa shape index (κ3) is 6.66. The van der Waals surface area contributed by atoms with Crippen molar-refractivity contribution in [3.8, 4) is 0 Å². The molecule has 1 aliphatic heterocycles. The zero-order valence-corrected chi connectivity index (χ0v) is 16.8. The molecule has 0 bridgehead atoms. The lowest BCUT2D eigenvalue weighted by atomic mass is 9.93. The van der Waals surface area contributed by atoms with Gasteiger partial charge < -0.3 is 10.2 Å². The molecule has 136 valence electrons. The SMILES string of the molecule is CNCCC1CCN(C(=O)CCSc2ccc(C)c(C)c2)CC1.Cl. The molecule has 3 nitrogen and oxygen atoms in total. The van der Waals surface area contributed by atoms with Gasteiger partial charge in [-0.1, -0.05) is 6.07 Å². The van der Waals surface area contributed by atoms with E-state index < -0.39 is 0 Å². The third-order valence-electron chi connectivity index (χ3n) is 4.83. The van der Waals surface area contributed by atoms with Gasteiger partial charge in [-0.2, -0.15) is 0 Å². The summed E-state index contributed by atoms with van der Waals surface area (Å²) in [6.07, 6.45) is 4.22. The minimum atomic E-state index is 0. The minimum Gasteiger partial charge on any atom is -0.343 e. The molecule has 1 saturated heterocycles. The van der Waals surface area contributed by atoms with Crippen LogP contribution >= 0.6 is 24.2 Å². The van der Waals surface area contributed by atoms with Crippen LogP contribution in [-0.2, 0) is 4.79 Å². The number of hydrogen-bond donors (Lipinski definition) is 1. The van der Waals surface area contributed by atoms with Gasteiger partial charge in [0.2, 0.25) is 5.91 Å². The molecule has 1 N–H and O–H groups in total. The van der Waals surface area contributed by atoms with Crippen molar-refractivity contribution < 1.29 is 4.79 Å². The van der Waals surface area contributed by atoms with E-state index in [1.165, 1.54) is 22.4 Å². The van der Waals surface area contributed by atoms with Gasteiger partial charge in [0.05, 0.1) is 0 Å². The Bertz CT molecular complexity index is 516. The highest BCUT2D eigenvalue weighted by Crippen LogP contribution is 2.23. The van der Waals surface area contributed by atoms with Crippen molar-refractivity contribution in [2.75, 3.05) is 32.4 Å². The first-order chi connectivity index (χ1) is 11.1. The molecular weight excluding hydrogens is 340 g/mol.